The van der Waals surface area contributed by atoms with Gasteiger partial charge in [-0.1, -0.05) is 15.9 Å². The number of nitrogens with one attached hydrogen (secondary N) is 1. The Bertz CT molecular complexity index is 853. The van der Waals surface area contributed by atoms with Crippen LogP contribution in [0.2, 0.25) is 5.28 Å². The van der Waals surface area contributed by atoms with Gasteiger partial charge in [0.15, 0.2) is 5.65 Å². The maximum atomic E-state index is 10.8. The van der Waals surface area contributed by atoms with E-state index in [-0.39, 0.29) is 22.6 Å². The molecule has 106 valence electrons. The molecule has 21 heavy (non-hydrogen) atoms. The lowest BCUT2D eigenvalue weighted by molar-refractivity contribution is -0.385. The Hall–Kier alpha value is -2.26. The number of aromatic nitrogens is 4. The van der Waals surface area contributed by atoms with Crippen LogP contribution in [0.25, 0.3) is 11.2 Å². The van der Waals surface area contributed by atoms with Crippen molar-refractivity contribution in [3.05, 3.63) is 44.4 Å². The second-order valence-electron chi connectivity index (χ2n) is 3.90. The molecule has 2 aromatic heterocycles. The fourth-order valence-electron chi connectivity index (χ4n) is 1.68. The highest BCUT2D eigenvalue weighted by Crippen LogP contribution is 2.31. The molecule has 0 bridgehead atoms. The molecule has 3 rings (SSSR count). The van der Waals surface area contributed by atoms with Gasteiger partial charge in [-0.3, -0.25) is 10.1 Å². The molecule has 0 aliphatic heterocycles. The summed E-state index contributed by atoms with van der Waals surface area (Å²) in [6, 6.07) is 4.22. The molecule has 0 unspecified atom stereocenters. The van der Waals surface area contributed by atoms with Crippen LogP contribution in [0.1, 0.15) is 0 Å². The topological polar surface area (TPSA) is 107 Å². The van der Waals surface area contributed by atoms with Crippen molar-refractivity contribution < 1.29 is 9.66 Å². The number of aromatic amines is 1. The van der Waals surface area contributed by atoms with Crippen LogP contribution in [-0.2, 0) is 0 Å². The number of rotatable bonds is 3. The number of nitro benzene ring substituents is 1. The summed E-state index contributed by atoms with van der Waals surface area (Å²) in [5, 5.41) is 10.8. The summed E-state index contributed by atoms with van der Waals surface area (Å²) in [6.07, 6.45) is 1.42. The molecule has 1 N–H and O–H groups in total. The predicted octanol–water partition coefficient (Wildman–Crippen LogP) is 3.47. The third-order valence-corrected chi connectivity index (χ3v) is 3.13. The van der Waals surface area contributed by atoms with E-state index in [0.717, 1.165) is 0 Å². The summed E-state index contributed by atoms with van der Waals surface area (Å²) < 4.78 is 6.07. The third kappa shape index (κ3) is 2.78. The van der Waals surface area contributed by atoms with Crippen LogP contribution >= 0.6 is 27.5 Å². The zero-order valence-corrected chi connectivity index (χ0v) is 12.4. The SMILES string of the molecule is O=[N+]([O-])c1cc(Br)cc(Oc2nc(Cl)nc3nc[nH]c23)c1. The molecule has 0 radical (unpaired) electrons. The van der Waals surface area contributed by atoms with Gasteiger partial charge in [0, 0.05) is 10.5 Å². The fourth-order valence-corrected chi connectivity index (χ4v) is 2.30. The summed E-state index contributed by atoms with van der Waals surface area (Å²) in [5.41, 5.74) is 0.678. The monoisotopic (exact) mass is 369 g/mol. The summed E-state index contributed by atoms with van der Waals surface area (Å²) in [7, 11) is 0. The fraction of sp³-hybridized carbons (Fsp3) is 0. The number of nitro groups is 1. The van der Waals surface area contributed by atoms with Gasteiger partial charge >= 0.3 is 0 Å². The molecule has 0 saturated carbocycles. The average molecular weight is 371 g/mol. The lowest BCUT2D eigenvalue weighted by Crippen LogP contribution is -1.94. The van der Waals surface area contributed by atoms with Crippen molar-refractivity contribution in [2.24, 2.45) is 0 Å². The van der Waals surface area contributed by atoms with E-state index in [9.17, 15) is 10.1 Å². The smallest absolute Gasteiger partial charge is 0.274 e. The molecule has 0 spiro atoms. The molecule has 0 amide bonds. The standard InChI is InChI=1S/C11H5BrClN5O3/c12-5-1-6(18(19)20)3-7(2-5)21-10-8-9(15-4-14-8)16-11(13)17-10/h1-4H,(H,14,15,16,17). The van der Waals surface area contributed by atoms with Gasteiger partial charge in [-0.25, -0.2) is 4.98 Å². The number of benzene rings is 1. The molecule has 0 saturated heterocycles. The van der Waals surface area contributed by atoms with E-state index in [0.29, 0.717) is 15.6 Å². The van der Waals surface area contributed by atoms with E-state index in [2.05, 4.69) is 35.9 Å². The molecule has 0 atom stereocenters. The Morgan fingerprint density at radius 2 is 2.14 bits per heavy atom. The molecular formula is C11H5BrClN5O3. The predicted molar refractivity (Wildman–Crippen MR) is 77.6 cm³/mol. The lowest BCUT2D eigenvalue weighted by atomic mass is 10.3. The van der Waals surface area contributed by atoms with Gasteiger partial charge in [-0.2, -0.15) is 9.97 Å². The number of nitrogens with zero attached hydrogens (tertiary/aromatic N) is 4. The minimum atomic E-state index is -0.517. The zero-order valence-electron chi connectivity index (χ0n) is 10.1. The van der Waals surface area contributed by atoms with Crippen LogP contribution in [0.5, 0.6) is 11.6 Å². The molecule has 1 aromatic carbocycles. The highest BCUT2D eigenvalue weighted by Gasteiger charge is 2.14. The van der Waals surface area contributed by atoms with Crippen molar-refractivity contribution in [3.8, 4) is 11.6 Å². The molecule has 2 heterocycles. The van der Waals surface area contributed by atoms with Crippen molar-refractivity contribution in [2.75, 3.05) is 0 Å². The van der Waals surface area contributed by atoms with Crippen LogP contribution in [0.3, 0.4) is 0 Å². The Morgan fingerprint density at radius 1 is 1.33 bits per heavy atom. The number of halogens is 2. The van der Waals surface area contributed by atoms with E-state index in [4.69, 9.17) is 16.3 Å². The van der Waals surface area contributed by atoms with Crippen molar-refractivity contribution in [1.82, 2.24) is 19.9 Å². The zero-order chi connectivity index (χ0) is 15.0. The van der Waals surface area contributed by atoms with Gasteiger partial charge < -0.3 is 9.72 Å². The highest BCUT2D eigenvalue weighted by atomic mass is 79.9. The average Bonchev–Trinajstić information content (AvgIpc) is 2.86. The normalized spacial score (nSPS) is 10.8. The van der Waals surface area contributed by atoms with Gasteiger partial charge in [0.05, 0.1) is 17.3 Å². The van der Waals surface area contributed by atoms with Crippen LogP contribution in [0.4, 0.5) is 5.69 Å². The maximum Gasteiger partial charge on any atom is 0.274 e. The number of hydrogen-bond donors (Lipinski definition) is 1. The lowest BCUT2D eigenvalue weighted by Gasteiger charge is -2.06. The Kier molecular flexibility index (Phi) is 3.43. The minimum absolute atomic E-state index is 0.0332. The van der Waals surface area contributed by atoms with Crippen molar-refractivity contribution in [3.63, 3.8) is 0 Å². The first-order chi connectivity index (χ1) is 10.0. The van der Waals surface area contributed by atoms with Crippen molar-refractivity contribution in [2.45, 2.75) is 0 Å². The third-order valence-electron chi connectivity index (χ3n) is 2.51. The Labute approximate surface area is 130 Å². The summed E-state index contributed by atoms with van der Waals surface area (Å²) in [5.74, 6) is 0.372. The summed E-state index contributed by atoms with van der Waals surface area (Å²) in [6.45, 7) is 0. The van der Waals surface area contributed by atoms with Gasteiger partial charge in [0.25, 0.3) is 5.69 Å². The number of fused-ring (bicyclic) bond motifs is 1. The largest absolute Gasteiger partial charge is 0.437 e. The van der Waals surface area contributed by atoms with Crippen LogP contribution in [0, 0.1) is 10.1 Å². The molecule has 8 nitrogen and oxygen atoms in total. The number of ether oxygens (including phenoxy) is 1. The highest BCUT2D eigenvalue weighted by molar-refractivity contribution is 9.10. The quantitative estimate of drug-likeness (QED) is 0.430. The van der Waals surface area contributed by atoms with Gasteiger partial charge in [0.1, 0.15) is 11.3 Å². The van der Waals surface area contributed by atoms with E-state index in [1.807, 2.05) is 0 Å². The van der Waals surface area contributed by atoms with E-state index < -0.39 is 4.92 Å². The van der Waals surface area contributed by atoms with Crippen LogP contribution < -0.4 is 4.74 Å². The Balaban J connectivity index is 2.06. The van der Waals surface area contributed by atoms with E-state index >= 15 is 0 Å². The summed E-state index contributed by atoms with van der Waals surface area (Å²) in [4.78, 5) is 25.0. The van der Waals surface area contributed by atoms with Crippen molar-refractivity contribution >= 4 is 44.4 Å². The van der Waals surface area contributed by atoms with Crippen LogP contribution in [-0.4, -0.2) is 24.9 Å². The first-order valence-electron chi connectivity index (χ1n) is 5.52. The minimum Gasteiger partial charge on any atom is -0.437 e. The first-order valence-corrected chi connectivity index (χ1v) is 6.69. The maximum absolute atomic E-state index is 10.8. The van der Waals surface area contributed by atoms with Crippen molar-refractivity contribution in [1.29, 1.82) is 0 Å². The second-order valence-corrected chi connectivity index (χ2v) is 5.16. The summed E-state index contributed by atoms with van der Waals surface area (Å²) >= 11 is 8.97. The Morgan fingerprint density at radius 3 is 2.90 bits per heavy atom. The van der Waals surface area contributed by atoms with E-state index in [1.54, 1.807) is 6.07 Å². The van der Waals surface area contributed by atoms with Crippen LogP contribution in [0.15, 0.2) is 29.0 Å². The number of imidazole rings is 1. The first kappa shape index (κ1) is 13.7. The van der Waals surface area contributed by atoms with Gasteiger partial charge in [0.2, 0.25) is 11.2 Å². The number of H-pyrrole nitrogens is 1. The molecular weight excluding hydrogens is 366 g/mol. The second kappa shape index (κ2) is 5.26. The van der Waals surface area contributed by atoms with Gasteiger partial charge in [-0.15, -0.1) is 0 Å². The number of hydrogen-bond acceptors (Lipinski definition) is 6. The molecule has 3 aromatic rings. The molecule has 10 heteroatoms. The van der Waals surface area contributed by atoms with Gasteiger partial charge in [-0.05, 0) is 17.7 Å². The molecule has 0 aliphatic rings. The van der Waals surface area contributed by atoms with E-state index in [1.165, 1.54) is 18.5 Å². The molecule has 0 fully saturated rings. The number of non-ortho nitro benzene ring substituents is 1. The molecule has 0 aliphatic carbocycles.